The van der Waals surface area contributed by atoms with Crippen LogP contribution in [0.1, 0.15) is 42.2 Å². The van der Waals surface area contributed by atoms with E-state index >= 15 is 0 Å². The predicted octanol–water partition coefficient (Wildman–Crippen LogP) is 4.34. The number of rotatable bonds is 3. The minimum Gasteiger partial charge on any atom is -0.378 e. The normalized spacial score (nSPS) is 18.6. The number of fused-ring (bicyclic) bond motifs is 1. The molecule has 3 rings (SSSR count). The van der Waals surface area contributed by atoms with Crippen LogP contribution in [0.4, 0.5) is 11.4 Å². The number of hydrogen-bond donors (Lipinski definition) is 1. The molecule has 2 aromatic rings. The highest BCUT2D eigenvalue weighted by molar-refractivity contribution is 6.30. The molecule has 0 aromatic heterocycles. The van der Waals surface area contributed by atoms with E-state index in [1.165, 1.54) is 0 Å². The first-order valence-corrected chi connectivity index (χ1v) is 9.33. The fraction of sp³-hybridized carbons (Fsp3) is 0.333. The van der Waals surface area contributed by atoms with Crippen LogP contribution in [0, 0.1) is 0 Å². The smallest absolute Gasteiger partial charge is 0.253 e. The number of nitrogens with zero attached hydrogens (tertiary/aromatic N) is 2. The van der Waals surface area contributed by atoms with Gasteiger partial charge in [0.2, 0.25) is 5.91 Å². The van der Waals surface area contributed by atoms with Gasteiger partial charge in [0.25, 0.3) is 5.91 Å². The van der Waals surface area contributed by atoms with Gasteiger partial charge in [0.1, 0.15) is 0 Å². The summed E-state index contributed by atoms with van der Waals surface area (Å²) in [5.41, 5.74) is 3.36. The van der Waals surface area contributed by atoms with Gasteiger partial charge in [-0.1, -0.05) is 11.6 Å². The maximum absolute atomic E-state index is 12.4. The Morgan fingerprint density at radius 2 is 1.81 bits per heavy atom. The van der Waals surface area contributed by atoms with Gasteiger partial charge in [-0.3, -0.25) is 9.59 Å². The molecule has 2 atom stereocenters. The van der Waals surface area contributed by atoms with E-state index in [0.717, 1.165) is 23.4 Å². The number of carbonyl (C=O) groups is 2. The lowest BCUT2D eigenvalue weighted by molar-refractivity contribution is -0.117. The van der Waals surface area contributed by atoms with Gasteiger partial charge in [0.05, 0.1) is 6.04 Å². The lowest BCUT2D eigenvalue weighted by atomic mass is 9.90. The number of hydrogen-bond acceptors (Lipinski definition) is 3. The van der Waals surface area contributed by atoms with Gasteiger partial charge in [-0.15, -0.1) is 0 Å². The van der Waals surface area contributed by atoms with Crippen molar-refractivity contribution >= 4 is 34.8 Å². The first kappa shape index (κ1) is 19.2. The third kappa shape index (κ3) is 3.93. The van der Waals surface area contributed by atoms with Gasteiger partial charge in [-0.2, -0.15) is 0 Å². The molecule has 6 heteroatoms. The molecule has 0 radical (unpaired) electrons. The Kier molecular flexibility index (Phi) is 5.42. The van der Waals surface area contributed by atoms with Gasteiger partial charge in [0, 0.05) is 49.0 Å². The van der Waals surface area contributed by atoms with Crippen molar-refractivity contribution in [2.75, 3.05) is 24.3 Å². The molecule has 2 amide bonds. The van der Waals surface area contributed by atoms with E-state index in [1.807, 2.05) is 43.3 Å². The summed E-state index contributed by atoms with van der Waals surface area (Å²) in [4.78, 5) is 28.0. The molecule has 1 heterocycles. The Hall–Kier alpha value is -2.53. The van der Waals surface area contributed by atoms with Crippen molar-refractivity contribution in [3.8, 4) is 0 Å². The average Bonchev–Trinajstić information content (AvgIpc) is 2.62. The lowest BCUT2D eigenvalue weighted by Crippen LogP contribution is -2.43. The van der Waals surface area contributed by atoms with Crippen LogP contribution in [0.3, 0.4) is 0 Å². The van der Waals surface area contributed by atoms with Crippen LogP contribution in [0.15, 0.2) is 42.5 Å². The van der Waals surface area contributed by atoms with E-state index in [-0.39, 0.29) is 23.9 Å². The van der Waals surface area contributed by atoms with Gasteiger partial charge in [-0.25, -0.2) is 0 Å². The zero-order valence-electron chi connectivity index (χ0n) is 16.0. The van der Waals surface area contributed by atoms with Crippen molar-refractivity contribution in [1.29, 1.82) is 0 Å². The van der Waals surface area contributed by atoms with Gasteiger partial charge in [-0.05, 0) is 61.4 Å². The Morgan fingerprint density at radius 3 is 2.41 bits per heavy atom. The molecule has 1 aliphatic rings. The number of halogens is 1. The zero-order chi connectivity index (χ0) is 19.7. The summed E-state index contributed by atoms with van der Waals surface area (Å²) in [6, 6.07) is 13.1. The van der Waals surface area contributed by atoms with E-state index < -0.39 is 0 Å². The number of carbonyl (C=O) groups excluding carboxylic acids is 2. The van der Waals surface area contributed by atoms with Crippen LogP contribution in [0.2, 0.25) is 5.02 Å². The summed E-state index contributed by atoms with van der Waals surface area (Å²) in [5, 5.41) is 4.21. The van der Waals surface area contributed by atoms with Gasteiger partial charge >= 0.3 is 0 Å². The molecule has 5 nitrogen and oxygen atoms in total. The van der Waals surface area contributed by atoms with E-state index in [1.54, 1.807) is 36.9 Å². The topological polar surface area (TPSA) is 52.7 Å². The summed E-state index contributed by atoms with van der Waals surface area (Å²) in [7, 11) is 3.46. The number of benzene rings is 2. The number of amides is 2. The summed E-state index contributed by atoms with van der Waals surface area (Å²) >= 11 is 5.98. The molecular weight excluding hydrogens is 362 g/mol. The van der Waals surface area contributed by atoms with Crippen LogP contribution in [0.25, 0.3) is 0 Å². The number of anilines is 2. The van der Waals surface area contributed by atoms with Crippen LogP contribution in [0.5, 0.6) is 0 Å². The van der Waals surface area contributed by atoms with Crippen LogP contribution < -0.4 is 10.2 Å². The molecule has 27 heavy (non-hydrogen) atoms. The van der Waals surface area contributed by atoms with Gasteiger partial charge < -0.3 is 15.1 Å². The van der Waals surface area contributed by atoms with E-state index in [0.29, 0.717) is 10.6 Å². The first-order valence-electron chi connectivity index (χ1n) is 8.95. The highest BCUT2D eigenvalue weighted by Gasteiger charge is 2.33. The molecule has 0 bridgehead atoms. The van der Waals surface area contributed by atoms with Crippen molar-refractivity contribution in [3.05, 3.63) is 58.6 Å². The maximum atomic E-state index is 12.4. The van der Waals surface area contributed by atoms with E-state index in [9.17, 15) is 9.59 Å². The summed E-state index contributed by atoms with van der Waals surface area (Å²) in [6.45, 7) is 3.62. The molecule has 2 unspecified atom stereocenters. The van der Waals surface area contributed by atoms with Crippen LogP contribution in [-0.4, -0.2) is 36.9 Å². The molecule has 0 aliphatic carbocycles. The van der Waals surface area contributed by atoms with Crippen LogP contribution >= 0.6 is 11.6 Å². The predicted molar refractivity (Wildman–Crippen MR) is 110 cm³/mol. The van der Waals surface area contributed by atoms with Crippen molar-refractivity contribution < 1.29 is 9.59 Å². The Morgan fingerprint density at radius 1 is 1.15 bits per heavy atom. The van der Waals surface area contributed by atoms with Crippen molar-refractivity contribution in [2.24, 2.45) is 0 Å². The summed E-state index contributed by atoms with van der Waals surface area (Å²) in [5.74, 6) is -0.0589. The minimum atomic E-state index is -0.0592. The number of nitrogens with one attached hydrogen (secondary N) is 1. The molecule has 2 aromatic carbocycles. The average molecular weight is 386 g/mol. The zero-order valence-corrected chi connectivity index (χ0v) is 16.7. The Labute approximate surface area is 164 Å². The third-order valence-corrected chi connectivity index (χ3v) is 5.11. The summed E-state index contributed by atoms with van der Waals surface area (Å²) in [6.07, 6.45) is 0.745. The Bertz CT molecular complexity index is 864. The van der Waals surface area contributed by atoms with E-state index in [4.69, 9.17) is 11.6 Å². The monoisotopic (exact) mass is 385 g/mol. The minimum absolute atomic E-state index is 0.000351. The quantitative estimate of drug-likeness (QED) is 0.855. The largest absolute Gasteiger partial charge is 0.378 e. The first-order chi connectivity index (χ1) is 12.8. The maximum Gasteiger partial charge on any atom is 0.253 e. The molecule has 0 saturated carbocycles. The van der Waals surface area contributed by atoms with Gasteiger partial charge in [0.15, 0.2) is 0 Å². The molecule has 0 saturated heterocycles. The Balaban J connectivity index is 2.04. The molecule has 1 aliphatic heterocycles. The fourth-order valence-electron chi connectivity index (χ4n) is 3.62. The highest BCUT2D eigenvalue weighted by atomic mass is 35.5. The molecule has 0 spiro atoms. The van der Waals surface area contributed by atoms with E-state index in [2.05, 4.69) is 5.32 Å². The summed E-state index contributed by atoms with van der Waals surface area (Å²) < 4.78 is 0. The molecule has 1 N–H and O–H groups in total. The van der Waals surface area contributed by atoms with Crippen molar-refractivity contribution in [1.82, 2.24) is 4.90 Å². The second kappa shape index (κ2) is 7.61. The second-order valence-corrected chi connectivity index (χ2v) is 7.59. The molecule has 142 valence electrons. The highest BCUT2D eigenvalue weighted by Crippen LogP contribution is 2.39. The lowest BCUT2D eigenvalue weighted by Gasteiger charge is -2.39. The second-order valence-electron chi connectivity index (χ2n) is 7.15. The molecular formula is C21H24ClN3O2. The van der Waals surface area contributed by atoms with Crippen molar-refractivity contribution in [3.63, 3.8) is 0 Å². The standard InChI is InChI=1S/C21H24ClN3O2/c1-13-11-19(23-17-8-6-16(22)7-9-17)18-12-15(21(27)24(3)4)5-10-20(18)25(13)14(2)26/h5-10,12-13,19,23H,11H2,1-4H3. The molecule has 0 fully saturated rings. The third-order valence-electron chi connectivity index (χ3n) is 4.86. The fourth-order valence-corrected chi connectivity index (χ4v) is 3.75. The van der Waals surface area contributed by atoms with Crippen molar-refractivity contribution in [2.45, 2.75) is 32.4 Å². The van der Waals surface area contributed by atoms with Crippen LogP contribution in [-0.2, 0) is 4.79 Å². The SMILES string of the molecule is CC(=O)N1c2ccc(C(=O)N(C)C)cc2C(Nc2ccc(Cl)cc2)CC1C.